The molecule has 3 atom stereocenters. The van der Waals surface area contributed by atoms with Gasteiger partial charge in [0.15, 0.2) is 0 Å². The topological polar surface area (TPSA) is 38.5 Å². The lowest BCUT2D eigenvalue weighted by molar-refractivity contribution is -0.0725. The van der Waals surface area contributed by atoms with Crippen LogP contribution in [0.5, 0.6) is 0 Å². The predicted molar refractivity (Wildman–Crippen MR) is 71.0 cm³/mol. The summed E-state index contributed by atoms with van der Waals surface area (Å²) >= 11 is 0. The lowest BCUT2D eigenvalue weighted by atomic mass is 9.83. The average molecular weight is 240 g/mol. The molecule has 2 fully saturated rings. The zero-order valence-corrected chi connectivity index (χ0v) is 11.6. The Kier molecular flexibility index (Phi) is 4.11. The quantitative estimate of drug-likeness (QED) is 0.820. The first kappa shape index (κ1) is 13.3. The fourth-order valence-electron chi connectivity index (χ4n) is 3.78. The lowest BCUT2D eigenvalue weighted by Crippen LogP contribution is -2.60. The van der Waals surface area contributed by atoms with Crippen LogP contribution in [0.3, 0.4) is 0 Å². The summed E-state index contributed by atoms with van der Waals surface area (Å²) in [5.41, 5.74) is 6.36. The first-order chi connectivity index (χ1) is 8.09. The standard InChI is InChI=1S/C14H28N2O/c1-11(2)13-5-4-7-16(13)14(10-15)6-8-17-12(3)9-14/h11-13H,4-10,15H2,1-3H3. The third kappa shape index (κ3) is 2.51. The number of rotatable bonds is 3. The van der Waals surface area contributed by atoms with E-state index in [0.717, 1.165) is 38.0 Å². The Balaban J connectivity index is 2.16. The van der Waals surface area contributed by atoms with E-state index in [1.54, 1.807) is 0 Å². The van der Waals surface area contributed by atoms with Crippen molar-refractivity contribution in [2.24, 2.45) is 11.7 Å². The molecule has 2 aliphatic heterocycles. The zero-order valence-electron chi connectivity index (χ0n) is 11.6. The van der Waals surface area contributed by atoms with Crippen molar-refractivity contribution in [3.8, 4) is 0 Å². The van der Waals surface area contributed by atoms with Gasteiger partial charge in [-0.2, -0.15) is 0 Å². The molecule has 0 bridgehead atoms. The normalized spacial score (nSPS) is 40.1. The summed E-state index contributed by atoms with van der Waals surface area (Å²) in [5, 5.41) is 0. The monoisotopic (exact) mass is 240 g/mol. The Labute approximate surface area is 106 Å². The van der Waals surface area contributed by atoms with Gasteiger partial charge >= 0.3 is 0 Å². The highest BCUT2D eigenvalue weighted by Gasteiger charge is 2.45. The Bertz CT molecular complexity index is 257. The molecule has 0 radical (unpaired) electrons. The summed E-state index contributed by atoms with van der Waals surface area (Å²) in [6, 6.07) is 0.726. The van der Waals surface area contributed by atoms with Crippen molar-refractivity contribution in [3.05, 3.63) is 0 Å². The van der Waals surface area contributed by atoms with Gasteiger partial charge in [0.2, 0.25) is 0 Å². The highest BCUT2D eigenvalue weighted by Crippen LogP contribution is 2.37. The molecule has 2 heterocycles. The van der Waals surface area contributed by atoms with E-state index in [1.807, 2.05) is 0 Å². The highest BCUT2D eigenvalue weighted by molar-refractivity contribution is 5.00. The van der Waals surface area contributed by atoms with Gasteiger partial charge in [0.1, 0.15) is 0 Å². The Morgan fingerprint density at radius 3 is 2.82 bits per heavy atom. The molecule has 0 spiro atoms. The van der Waals surface area contributed by atoms with E-state index in [4.69, 9.17) is 10.5 Å². The summed E-state index contributed by atoms with van der Waals surface area (Å²) in [6.07, 6.45) is 5.25. The molecule has 100 valence electrons. The number of likely N-dealkylation sites (tertiary alicyclic amines) is 1. The molecule has 3 nitrogen and oxygen atoms in total. The minimum atomic E-state index is 0.211. The second kappa shape index (κ2) is 5.25. The fraction of sp³-hybridized carbons (Fsp3) is 1.00. The Morgan fingerprint density at radius 2 is 2.24 bits per heavy atom. The molecule has 0 aliphatic carbocycles. The van der Waals surface area contributed by atoms with Crippen LogP contribution in [-0.4, -0.2) is 42.3 Å². The molecule has 0 aromatic heterocycles. The van der Waals surface area contributed by atoms with Crippen molar-refractivity contribution >= 4 is 0 Å². The molecule has 0 amide bonds. The van der Waals surface area contributed by atoms with Gasteiger partial charge in [-0.25, -0.2) is 0 Å². The predicted octanol–water partition coefficient (Wildman–Crippen LogP) is 2.00. The molecule has 3 heteroatoms. The van der Waals surface area contributed by atoms with E-state index in [0.29, 0.717) is 6.10 Å². The van der Waals surface area contributed by atoms with Gasteiger partial charge in [0.05, 0.1) is 6.10 Å². The number of hydrogen-bond acceptors (Lipinski definition) is 3. The van der Waals surface area contributed by atoms with E-state index < -0.39 is 0 Å². The summed E-state index contributed by atoms with van der Waals surface area (Å²) in [5.74, 6) is 0.735. The van der Waals surface area contributed by atoms with Gasteiger partial charge in [-0.05, 0) is 45.1 Å². The molecule has 0 saturated carbocycles. The summed E-state index contributed by atoms with van der Waals surface area (Å²) < 4.78 is 5.71. The van der Waals surface area contributed by atoms with Crippen LogP contribution in [0, 0.1) is 5.92 Å². The molecule has 2 aliphatic rings. The largest absolute Gasteiger partial charge is 0.378 e. The fourth-order valence-corrected chi connectivity index (χ4v) is 3.78. The highest BCUT2D eigenvalue weighted by atomic mass is 16.5. The lowest BCUT2D eigenvalue weighted by Gasteiger charge is -2.49. The van der Waals surface area contributed by atoms with Gasteiger partial charge in [-0.1, -0.05) is 13.8 Å². The van der Waals surface area contributed by atoms with Gasteiger partial charge in [-0.3, -0.25) is 4.90 Å². The number of hydrogen-bond donors (Lipinski definition) is 1. The number of nitrogens with two attached hydrogens (primary N) is 1. The van der Waals surface area contributed by atoms with E-state index in [9.17, 15) is 0 Å². The first-order valence-corrected chi connectivity index (χ1v) is 7.17. The molecule has 2 N–H and O–H groups in total. The SMILES string of the molecule is CC1CC(CN)(N2CCCC2C(C)C)CCO1. The van der Waals surface area contributed by atoms with Crippen LogP contribution in [0.15, 0.2) is 0 Å². The minimum absolute atomic E-state index is 0.211. The van der Waals surface area contributed by atoms with Gasteiger partial charge in [-0.15, -0.1) is 0 Å². The van der Waals surface area contributed by atoms with Crippen molar-refractivity contribution in [2.75, 3.05) is 19.7 Å². The van der Waals surface area contributed by atoms with Crippen molar-refractivity contribution in [2.45, 2.75) is 64.1 Å². The van der Waals surface area contributed by atoms with Gasteiger partial charge in [0.25, 0.3) is 0 Å². The Morgan fingerprint density at radius 1 is 1.47 bits per heavy atom. The van der Waals surface area contributed by atoms with Crippen molar-refractivity contribution in [1.82, 2.24) is 4.90 Å². The van der Waals surface area contributed by atoms with Crippen LogP contribution in [0.1, 0.15) is 46.5 Å². The third-order valence-electron chi connectivity index (χ3n) is 4.70. The molecular formula is C14H28N2O. The maximum Gasteiger partial charge on any atom is 0.0565 e. The van der Waals surface area contributed by atoms with Crippen molar-refractivity contribution in [1.29, 1.82) is 0 Å². The summed E-state index contributed by atoms with van der Waals surface area (Å²) in [6.45, 7) is 9.76. The second-order valence-electron chi connectivity index (χ2n) is 6.21. The number of nitrogens with zero attached hydrogens (tertiary/aromatic N) is 1. The molecule has 0 aromatic rings. The smallest absolute Gasteiger partial charge is 0.0565 e. The minimum Gasteiger partial charge on any atom is -0.378 e. The van der Waals surface area contributed by atoms with E-state index >= 15 is 0 Å². The van der Waals surface area contributed by atoms with E-state index in [-0.39, 0.29) is 5.54 Å². The Hall–Kier alpha value is -0.120. The van der Waals surface area contributed by atoms with Crippen molar-refractivity contribution < 1.29 is 4.74 Å². The summed E-state index contributed by atoms with van der Waals surface area (Å²) in [4.78, 5) is 2.72. The van der Waals surface area contributed by atoms with Crippen LogP contribution in [0.2, 0.25) is 0 Å². The van der Waals surface area contributed by atoms with Gasteiger partial charge in [0, 0.05) is 24.7 Å². The van der Waals surface area contributed by atoms with Crippen molar-refractivity contribution in [3.63, 3.8) is 0 Å². The molecule has 3 unspecified atom stereocenters. The first-order valence-electron chi connectivity index (χ1n) is 7.17. The van der Waals surface area contributed by atoms with E-state index in [1.165, 1.54) is 19.4 Å². The molecule has 17 heavy (non-hydrogen) atoms. The average Bonchev–Trinajstić information content (AvgIpc) is 2.78. The zero-order chi connectivity index (χ0) is 12.5. The van der Waals surface area contributed by atoms with Crippen LogP contribution in [-0.2, 0) is 4.74 Å². The third-order valence-corrected chi connectivity index (χ3v) is 4.70. The molecule has 2 saturated heterocycles. The molecule has 2 rings (SSSR count). The van der Waals surface area contributed by atoms with Crippen LogP contribution in [0.25, 0.3) is 0 Å². The number of ether oxygens (including phenoxy) is 1. The second-order valence-corrected chi connectivity index (χ2v) is 6.21. The maximum atomic E-state index is 6.15. The van der Waals surface area contributed by atoms with E-state index in [2.05, 4.69) is 25.7 Å². The van der Waals surface area contributed by atoms with Crippen LogP contribution < -0.4 is 5.73 Å². The summed E-state index contributed by atoms with van der Waals surface area (Å²) in [7, 11) is 0. The molecule has 0 aromatic carbocycles. The van der Waals surface area contributed by atoms with Crippen LogP contribution >= 0.6 is 0 Å². The maximum absolute atomic E-state index is 6.15. The molecular weight excluding hydrogens is 212 g/mol. The van der Waals surface area contributed by atoms with Gasteiger partial charge < -0.3 is 10.5 Å². The van der Waals surface area contributed by atoms with Crippen LogP contribution in [0.4, 0.5) is 0 Å².